The van der Waals surface area contributed by atoms with Gasteiger partial charge in [0.25, 0.3) is 0 Å². The standard InChI is InChI=1S/C37H30O4/c1-3-24-20-28(15-17-34(24)39)37(32-13-6-4-11-30(32)31-12-5-7-14-33(31)37)29-16-18-35(40)27(21-29)22-36(41)26-10-8-9-25(19-26)23(2)38/h4-21,39-40H,3,22H2,1-2H3. The molecule has 2 N–H and O–H groups in total. The summed E-state index contributed by atoms with van der Waals surface area (Å²) in [5.41, 5.74) is 7.91. The van der Waals surface area contributed by atoms with E-state index in [4.69, 9.17) is 0 Å². The van der Waals surface area contributed by atoms with Crippen molar-refractivity contribution >= 4 is 11.6 Å². The average Bonchev–Trinajstić information content (AvgIpc) is 3.30. The number of ketones is 2. The van der Waals surface area contributed by atoms with Gasteiger partial charge in [-0.25, -0.2) is 0 Å². The molecule has 0 unspecified atom stereocenters. The second-order valence-electron chi connectivity index (χ2n) is 10.6. The number of carbonyl (C=O) groups is 2. The van der Waals surface area contributed by atoms with Crippen LogP contribution in [0.3, 0.4) is 0 Å². The lowest BCUT2D eigenvalue weighted by atomic mass is 9.67. The molecule has 5 aromatic carbocycles. The van der Waals surface area contributed by atoms with Gasteiger partial charge in [0.2, 0.25) is 0 Å². The number of hydrogen-bond acceptors (Lipinski definition) is 4. The molecule has 0 aromatic heterocycles. The van der Waals surface area contributed by atoms with E-state index in [0.29, 0.717) is 23.1 Å². The minimum atomic E-state index is -0.731. The predicted octanol–water partition coefficient (Wildman–Crippen LogP) is 7.65. The van der Waals surface area contributed by atoms with E-state index in [2.05, 4.69) is 30.3 Å². The van der Waals surface area contributed by atoms with E-state index in [9.17, 15) is 19.8 Å². The Morgan fingerprint density at radius 1 is 0.634 bits per heavy atom. The SMILES string of the molecule is CCc1cc(C2(c3ccc(O)c(CC(=O)c4cccc(C(C)=O)c4)c3)c3ccccc3-c3ccccc32)ccc1O. The molecule has 0 aliphatic heterocycles. The Morgan fingerprint density at radius 2 is 1.17 bits per heavy atom. The number of phenols is 2. The second-order valence-corrected chi connectivity index (χ2v) is 10.6. The molecule has 4 heteroatoms. The van der Waals surface area contributed by atoms with Crippen LogP contribution >= 0.6 is 0 Å². The fourth-order valence-corrected chi connectivity index (χ4v) is 6.27. The Balaban J connectivity index is 1.57. The summed E-state index contributed by atoms with van der Waals surface area (Å²) in [6, 6.07) is 34.7. The molecular formula is C37H30O4. The third kappa shape index (κ3) is 4.23. The van der Waals surface area contributed by atoms with Gasteiger partial charge in [-0.2, -0.15) is 0 Å². The molecule has 0 radical (unpaired) electrons. The molecule has 1 aliphatic carbocycles. The van der Waals surface area contributed by atoms with Crippen molar-refractivity contribution in [1.82, 2.24) is 0 Å². The molecule has 6 rings (SSSR count). The van der Waals surface area contributed by atoms with E-state index in [1.165, 1.54) is 6.92 Å². The number of phenolic OH excluding ortho intramolecular Hbond substituents is 2. The lowest BCUT2D eigenvalue weighted by molar-refractivity contribution is 0.0992. The molecule has 0 saturated heterocycles. The monoisotopic (exact) mass is 538 g/mol. The number of aryl methyl sites for hydroxylation is 1. The molecule has 0 heterocycles. The fourth-order valence-electron chi connectivity index (χ4n) is 6.27. The van der Waals surface area contributed by atoms with Crippen molar-refractivity contribution < 1.29 is 19.8 Å². The Hall–Kier alpha value is -4.96. The third-order valence-corrected chi connectivity index (χ3v) is 8.30. The maximum absolute atomic E-state index is 13.4. The summed E-state index contributed by atoms with van der Waals surface area (Å²) in [6.07, 6.45) is 0.657. The zero-order valence-electron chi connectivity index (χ0n) is 23.0. The van der Waals surface area contributed by atoms with Gasteiger partial charge in [-0.05, 0) is 70.5 Å². The second kappa shape index (κ2) is 10.2. The van der Waals surface area contributed by atoms with Crippen molar-refractivity contribution in [3.05, 3.63) is 154 Å². The normalized spacial score (nSPS) is 12.9. The smallest absolute Gasteiger partial charge is 0.167 e. The average molecular weight is 539 g/mol. The first-order chi connectivity index (χ1) is 19.8. The van der Waals surface area contributed by atoms with Crippen LogP contribution < -0.4 is 0 Å². The Labute approximate surface area is 239 Å². The van der Waals surface area contributed by atoms with Crippen LogP contribution in [0.2, 0.25) is 0 Å². The molecule has 0 atom stereocenters. The Morgan fingerprint density at radius 3 is 1.76 bits per heavy atom. The summed E-state index contributed by atoms with van der Waals surface area (Å²) in [4.78, 5) is 25.3. The summed E-state index contributed by atoms with van der Waals surface area (Å²) in [6.45, 7) is 3.50. The molecule has 0 bridgehead atoms. The minimum absolute atomic E-state index is 0.0177. The van der Waals surface area contributed by atoms with Crippen LogP contribution in [0.4, 0.5) is 0 Å². The number of aromatic hydroxyl groups is 2. The number of hydrogen-bond donors (Lipinski definition) is 2. The lowest BCUT2D eigenvalue weighted by Crippen LogP contribution is -2.29. The summed E-state index contributed by atoms with van der Waals surface area (Å²) in [5, 5.41) is 21.5. The Kier molecular flexibility index (Phi) is 6.55. The van der Waals surface area contributed by atoms with E-state index in [-0.39, 0.29) is 29.5 Å². The molecule has 4 nitrogen and oxygen atoms in total. The van der Waals surface area contributed by atoms with Crippen LogP contribution in [0.5, 0.6) is 11.5 Å². The number of rotatable bonds is 7. The van der Waals surface area contributed by atoms with Crippen molar-refractivity contribution in [2.75, 3.05) is 0 Å². The van der Waals surface area contributed by atoms with Crippen LogP contribution in [-0.2, 0) is 18.3 Å². The van der Waals surface area contributed by atoms with Gasteiger partial charge >= 0.3 is 0 Å². The first-order valence-corrected chi connectivity index (χ1v) is 13.8. The largest absolute Gasteiger partial charge is 0.508 e. The van der Waals surface area contributed by atoms with Crippen LogP contribution in [0, 0.1) is 0 Å². The number of benzene rings is 5. The predicted molar refractivity (Wildman–Crippen MR) is 161 cm³/mol. The van der Waals surface area contributed by atoms with E-state index in [1.54, 1.807) is 36.4 Å². The van der Waals surface area contributed by atoms with Gasteiger partial charge in [0.05, 0.1) is 5.41 Å². The van der Waals surface area contributed by atoms with Crippen molar-refractivity contribution in [3.8, 4) is 22.6 Å². The van der Waals surface area contributed by atoms with Gasteiger partial charge in [-0.3, -0.25) is 9.59 Å². The van der Waals surface area contributed by atoms with Gasteiger partial charge in [-0.1, -0.05) is 97.9 Å². The maximum Gasteiger partial charge on any atom is 0.167 e. The quantitative estimate of drug-likeness (QED) is 0.205. The molecule has 0 fully saturated rings. The summed E-state index contributed by atoms with van der Waals surface area (Å²) >= 11 is 0. The molecular weight excluding hydrogens is 508 g/mol. The molecule has 0 saturated carbocycles. The van der Waals surface area contributed by atoms with Crippen molar-refractivity contribution in [1.29, 1.82) is 0 Å². The van der Waals surface area contributed by atoms with Gasteiger partial charge < -0.3 is 10.2 Å². The Bertz CT molecular complexity index is 1790. The zero-order chi connectivity index (χ0) is 28.7. The topological polar surface area (TPSA) is 74.6 Å². The maximum atomic E-state index is 13.4. The van der Waals surface area contributed by atoms with Crippen molar-refractivity contribution in [2.24, 2.45) is 0 Å². The molecule has 5 aromatic rings. The van der Waals surface area contributed by atoms with Gasteiger partial charge in [0.15, 0.2) is 11.6 Å². The lowest BCUT2D eigenvalue weighted by Gasteiger charge is -2.34. The summed E-state index contributed by atoms with van der Waals surface area (Å²) in [7, 11) is 0. The van der Waals surface area contributed by atoms with Crippen LogP contribution in [-0.4, -0.2) is 21.8 Å². The highest BCUT2D eigenvalue weighted by Gasteiger charge is 2.46. The number of carbonyl (C=O) groups excluding carboxylic acids is 2. The highest BCUT2D eigenvalue weighted by molar-refractivity contribution is 6.01. The third-order valence-electron chi connectivity index (χ3n) is 8.30. The highest BCUT2D eigenvalue weighted by Crippen LogP contribution is 2.56. The zero-order valence-corrected chi connectivity index (χ0v) is 23.0. The van der Waals surface area contributed by atoms with Crippen LogP contribution in [0.1, 0.15) is 67.9 Å². The molecule has 0 amide bonds. The fraction of sp³-hybridized carbons (Fsp3) is 0.135. The highest BCUT2D eigenvalue weighted by atomic mass is 16.3. The van der Waals surface area contributed by atoms with E-state index < -0.39 is 5.41 Å². The van der Waals surface area contributed by atoms with Crippen LogP contribution in [0.15, 0.2) is 109 Å². The van der Waals surface area contributed by atoms with Gasteiger partial charge in [0, 0.05) is 23.1 Å². The van der Waals surface area contributed by atoms with Crippen molar-refractivity contribution in [2.45, 2.75) is 32.1 Å². The van der Waals surface area contributed by atoms with E-state index in [1.807, 2.05) is 49.4 Å². The summed E-state index contributed by atoms with van der Waals surface area (Å²) in [5.74, 6) is 0.0142. The molecule has 1 aliphatic rings. The number of fused-ring (bicyclic) bond motifs is 3. The van der Waals surface area contributed by atoms with Crippen LogP contribution in [0.25, 0.3) is 11.1 Å². The van der Waals surface area contributed by atoms with Gasteiger partial charge in [-0.15, -0.1) is 0 Å². The molecule has 0 spiro atoms. The first-order valence-electron chi connectivity index (χ1n) is 13.8. The molecule has 202 valence electrons. The first kappa shape index (κ1) is 26.3. The van der Waals surface area contributed by atoms with Gasteiger partial charge in [0.1, 0.15) is 11.5 Å². The summed E-state index contributed by atoms with van der Waals surface area (Å²) < 4.78 is 0. The minimum Gasteiger partial charge on any atom is -0.508 e. The number of Topliss-reactive ketones (excluding diaryl/α,β-unsaturated/α-hetero) is 2. The van der Waals surface area contributed by atoms with E-state index in [0.717, 1.165) is 38.9 Å². The molecule has 41 heavy (non-hydrogen) atoms. The van der Waals surface area contributed by atoms with E-state index >= 15 is 0 Å². The van der Waals surface area contributed by atoms with Crippen molar-refractivity contribution in [3.63, 3.8) is 0 Å².